The number of hydrogen-bond donors (Lipinski definition) is 5. The highest BCUT2D eigenvalue weighted by atomic mass is 32.1. The van der Waals surface area contributed by atoms with Crippen LogP contribution in [0.15, 0.2) is 42.9 Å². The molecule has 0 aliphatic rings. The molecular weight excluding hydrogens is 476 g/mol. The van der Waals surface area contributed by atoms with Crippen LogP contribution in [0.2, 0.25) is 0 Å². The number of nitrogens with zero attached hydrogens (tertiary/aromatic N) is 1. The van der Waals surface area contributed by atoms with Crippen LogP contribution >= 0.6 is 12.6 Å². The number of aliphatic carboxylic acids is 1. The molecule has 0 spiro atoms. The van der Waals surface area contributed by atoms with Gasteiger partial charge < -0.3 is 20.7 Å². The van der Waals surface area contributed by atoms with Crippen LogP contribution < -0.4 is 10.6 Å². The molecule has 0 saturated carbocycles. The van der Waals surface area contributed by atoms with Crippen molar-refractivity contribution in [3.63, 3.8) is 0 Å². The van der Waals surface area contributed by atoms with Gasteiger partial charge in [-0.2, -0.15) is 12.6 Å². The summed E-state index contributed by atoms with van der Waals surface area (Å²) in [5, 5.41) is 15.0. The maximum absolute atomic E-state index is 13.0. The van der Waals surface area contributed by atoms with Crippen LogP contribution in [0.5, 0.6) is 0 Å². The summed E-state index contributed by atoms with van der Waals surface area (Å²) in [6.45, 7) is 0. The summed E-state index contributed by atoms with van der Waals surface area (Å²) in [6, 6.07) is 7.13. The molecule has 2 atom stereocenters. The van der Waals surface area contributed by atoms with Crippen molar-refractivity contribution >= 4 is 30.4 Å². The predicted molar refractivity (Wildman–Crippen MR) is 144 cm³/mol. The standard InChI is InChI=1S/C27H40N4O4S/c32-25(15-11-6-4-2-1-3-5-7-12-16-36)30-23(18-22-19-28-20-29-22)26(33)31-24(27(34)35)17-21-13-9-8-10-14-21/h8-10,13-14,19-20,23-24,36H,1-7,11-12,15-18H2,(H,28,29)(H,30,32)(H,31,33)(H,34,35)/t23-,24-/m0/s1. The topological polar surface area (TPSA) is 124 Å². The Morgan fingerprint density at radius 3 is 2.08 bits per heavy atom. The molecule has 0 radical (unpaired) electrons. The van der Waals surface area contributed by atoms with Crippen molar-refractivity contribution in [2.45, 2.75) is 89.1 Å². The monoisotopic (exact) mass is 516 g/mol. The van der Waals surface area contributed by atoms with E-state index in [1.54, 1.807) is 6.20 Å². The van der Waals surface area contributed by atoms with Gasteiger partial charge in [-0.05, 0) is 24.2 Å². The fourth-order valence-electron chi connectivity index (χ4n) is 4.05. The van der Waals surface area contributed by atoms with Gasteiger partial charge in [-0.3, -0.25) is 9.59 Å². The number of benzene rings is 1. The van der Waals surface area contributed by atoms with Crippen molar-refractivity contribution in [1.82, 2.24) is 20.6 Å². The molecule has 0 unspecified atom stereocenters. The normalized spacial score (nSPS) is 12.6. The minimum Gasteiger partial charge on any atom is -0.480 e. The predicted octanol–water partition coefficient (Wildman–Crippen LogP) is 4.08. The van der Waals surface area contributed by atoms with E-state index in [9.17, 15) is 19.5 Å². The highest BCUT2D eigenvalue weighted by molar-refractivity contribution is 7.80. The van der Waals surface area contributed by atoms with Crippen LogP contribution in [0.3, 0.4) is 0 Å². The molecule has 2 amide bonds. The zero-order valence-corrected chi connectivity index (χ0v) is 21.8. The Balaban J connectivity index is 1.81. The van der Waals surface area contributed by atoms with E-state index in [2.05, 4.69) is 33.2 Å². The molecule has 8 nitrogen and oxygen atoms in total. The first-order valence-corrected chi connectivity index (χ1v) is 13.6. The lowest BCUT2D eigenvalue weighted by Crippen LogP contribution is -2.53. The average Bonchev–Trinajstić information content (AvgIpc) is 3.38. The molecule has 1 heterocycles. The van der Waals surface area contributed by atoms with E-state index in [4.69, 9.17) is 0 Å². The fourth-order valence-corrected chi connectivity index (χ4v) is 4.27. The summed E-state index contributed by atoms with van der Waals surface area (Å²) in [5.74, 6) is -0.906. The molecule has 36 heavy (non-hydrogen) atoms. The second kappa shape index (κ2) is 17.6. The molecule has 0 aliphatic carbocycles. The Morgan fingerprint density at radius 2 is 1.50 bits per heavy atom. The van der Waals surface area contributed by atoms with Crippen LogP contribution in [0.25, 0.3) is 0 Å². The second-order valence-electron chi connectivity index (χ2n) is 9.15. The maximum Gasteiger partial charge on any atom is 0.326 e. The first-order chi connectivity index (χ1) is 17.5. The van der Waals surface area contributed by atoms with Gasteiger partial charge in [0.25, 0.3) is 0 Å². The van der Waals surface area contributed by atoms with E-state index in [1.165, 1.54) is 44.9 Å². The summed E-state index contributed by atoms with van der Waals surface area (Å²) < 4.78 is 0. The Hall–Kier alpha value is -2.81. The Labute approximate surface area is 219 Å². The number of amides is 2. The van der Waals surface area contributed by atoms with E-state index in [1.807, 2.05) is 30.3 Å². The smallest absolute Gasteiger partial charge is 0.326 e. The summed E-state index contributed by atoms with van der Waals surface area (Å²) in [7, 11) is 0. The number of carbonyl (C=O) groups is 3. The van der Waals surface area contributed by atoms with Gasteiger partial charge in [-0.25, -0.2) is 9.78 Å². The molecule has 9 heteroatoms. The van der Waals surface area contributed by atoms with Gasteiger partial charge in [0.2, 0.25) is 11.8 Å². The lowest BCUT2D eigenvalue weighted by atomic mass is 10.0. The number of unbranched alkanes of at least 4 members (excludes halogenated alkanes) is 8. The van der Waals surface area contributed by atoms with Gasteiger partial charge in [0.1, 0.15) is 12.1 Å². The summed E-state index contributed by atoms with van der Waals surface area (Å²) in [5.41, 5.74) is 1.48. The third-order valence-corrected chi connectivity index (χ3v) is 6.41. The van der Waals surface area contributed by atoms with Crippen molar-refractivity contribution in [1.29, 1.82) is 0 Å². The molecule has 1 aromatic carbocycles. The van der Waals surface area contributed by atoms with E-state index in [0.717, 1.165) is 30.6 Å². The molecule has 198 valence electrons. The van der Waals surface area contributed by atoms with E-state index >= 15 is 0 Å². The first-order valence-electron chi connectivity index (χ1n) is 12.9. The van der Waals surface area contributed by atoms with Crippen molar-refractivity contribution in [3.8, 4) is 0 Å². The Bertz CT molecular complexity index is 892. The number of aromatic nitrogens is 2. The van der Waals surface area contributed by atoms with Crippen molar-refractivity contribution in [2.24, 2.45) is 0 Å². The van der Waals surface area contributed by atoms with E-state index in [0.29, 0.717) is 12.1 Å². The molecule has 0 fully saturated rings. The lowest BCUT2D eigenvalue weighted by Gasteiger charge is -2.21. The number of aromatic amines is 1. The number of rotatable bonds is 19. The number of H-pyrrole nitrogens is 1. The van der Waals surface area contributed by atoms with Crippen molar-refractivity contribution in [3.05, 3.63) is 54.1 Å². The number of thiol groups is 1. The van der Waals surface area contributed by atoms with Gasteiger partial charge in [-0.15, -0.1) is 0 Å². The third kappa shape index (κ3) is 12.2. The van der Waals surface area contributed by atoms with Crippen LogP contribution in [-0.2, 0) is 27.2 Å². The molecule has 4 N–H and O–H groups in total. The Kier molecular flexibility index (Phi) is 14.4. The molecular formula is C27H40N4O4S. The third-order valence-electron chi connectivity index (χ3n) is 6.09. The average molecular weight is 517 g/mol. The summed E-state index contributed by atoms with van der Waals surface area (Å²) in [6.07, 6.45) is 13.9. The second-order valence-corrected chi connectivity index (χ2v) is 9.59. The van der Waals surface area contributed by atoms with E-state index < -0.39 is 24.0 Å². The van der Waals surface area contributed by atoms with Gasteiger partial charge in [0.15, 0.2) is 0 Å². The van der Waals surface area contributed by atoms with Gasteiger partial charge in [-0.1, -0.05) is 75.3 Å². The number of nitrogens with one attached hydrogen (secondary N) is 3. The number of carboxylic acids is 1. The SMILES string of the molecule is O=C(CCCCCCCCCCCS)N[C@@H](Cc1cnc[nH]1)C(=O)N[C@@H](Cc1ccccc1)C(=O)O. The zero-order chi connectivity index (χ0) is 26.0. The maximum atomic E-state index is 13.0. The molecule has 1 aromatic heterocycles. The van der Waals surface area contributed by atoms with E-state index in [-0.39, 0.29) is 18.7 Å². The van der Waals surface area contributed by atoms with Crippen LogP contribution in [0, 0.1) is 0 Å². The summed E-state index contributed by atoms with van der Waals surface area (Å²) >= 11 is 4.23. The highest BCUT2D eigenvalue weighted by Crippen LogP contribution is 2.11. The van der Waals surface area contributed by atoms with Crippen molar-refractivity contribution < 1.29 is 19.5 Å². The molecule has 0 bridgehead atoms. The molecule has 2 rings (SSSR count). The van der Waals surface area contributed by atoms with Gasteiger partial charge in [0.05, 0.1) is 6.33 Å². The van der Waals surface area contributed by atoms with Gasteiger partial charge in [0, 0.05) is 31.2 Å². The minimum absolute atomic E-state index is 0.155. The van der Waals surface area contributed by atoms with Crippen LogP contribution in [0.1, 0.15) is 75.5 Å². The summed E-state index contributed by atoms with van der Waals surface area (Å²) in [4.78, 5) is 44.3. The number of carbonyl (C=O) groups excluding carboxylic acids is 2. The van der Waals surface area contributed by atoms with Crippen LogP contribution in [0.4, 0.5) is 0 Å². The largest absolute Gasteiger partial charge is 0.480 e. The molecule has 0 aliphatic heterocycles. The lowest BCUT2D eigenvalue weighted by molar-refractivity contribution is -0.142. The first kappa shape index (κ1) is 29.4. The van der Waals surface area contributed by atoms with Crippen molar-refractivity contribution in [2.75, 3.05) is 5.75 Å². The fraction of sp³-hybridized carbons (Fsp3) is 0.556. The molecule has 0 saturated heterocycles. The quantitative estimate of drug-likeness (QED) is 0.142. The Morgan fingerprint density at radius 1 is 0.861 bits per heavy atom. The number of imidazole rings is 1. The number of carboxylic acid groups (broad SMARTS) is 1. The zero-order valence-electron chi connectivity index (χ0n) is 21.0. The number of hydrogen-bond acceptors (Lipinski definition) is 5. The van der Waals surface area contributed by atoms with Gasteiger partial charge >= 0.3 is 5.97 Å². The van der Waals surface area contributed by atoms with Crippen LogP contribution in [-0.4, -0.2) is 50.7 Å². The molecule has 2 aromatic rings. The minimum atomic E-state index is -1.12. The highest BCUT2D eigenvalue weighted by Gasteiger charge is 2.27.